The minimum atomic E-state index is -0.0550. The molecule has 19 heavy (non-hydrogen) atoms. The summed E-state index contributed by atoms with van der Waals surface area (Å²) in [5, 5.41) is 20.6. The highest BCUT2D eigenvalue weighted by Crippen LogP contribution is 2.14. The minimum absolute atomic E-state index is 0.0550. The monoisotopic (exact) mass is 253 g/mol. The number of allylic oxidation sites excluding steroid dienone is 2. The number of nitrogens with zero attached hydrogens (tertiary/aromatic N) is 2. The summed E-state index contributed by atoms with van der Waals surface area (Å²) in [6.07, 6.45) is 3.19. The molecule has 0 atom stereocenters. The molecule has 1 rings (SSSR count). The van der Waals surface area contributed by atoms with Gasteiger partial charge in [0, 0.05) is 11.9 Å². The van der Waals surface area contributed by atoms with Crippen LogP contribution in [0.3, 0.4) is 0 Å². The Hall–Kier alpha value is -2.72. The molecule has 0 saturated heterocycles. The fourth-order valence-corrected chi connectivity index (χ4v) is 1.43. The van der Waals surface area contributed by atoms with E-state index in [2.05, 4.69) is 5.32 Å². The van der Waals surface area contributed by atoms with Gasteiger partial charge < -0.3 is 10.1 Å². The van der Waals surface area contributed by atoms with E-state index in [1.807, 2.05) is 32.0 Å². The van der Waals surface area contributed by atoms with E-state index >= 15 is 0 Å². The zero-order valence-corrected chi connectivity index (χ0v) is 11.2. The summed E-state index contributed by atoms with van der Waals surface area (Å²) in [7, 11) is 1.42. The Balaban J connectivity index is 2.84. The van der Waals surface area contributed by atoms with Gasteiger partial charge >= 0.3 is 0 Å². The third kappa shape index (κ3) is 3.90. The van der Waals surface area contributed by atoms with Gasteiger partial charge in [0.25, 0.3) is 0 Å². The summed E-state index contributed by atoms with van der Waals surface area (Å²) in [6.45, 7) is 4.08. The first kappa shape index (κ1) is 14.3. The van der Waals surface area contributed by atoms with Gasteiger partial charge in [0.1, 0.15) is 17.9 Å². The van der Waals surface area contributed by atoms with E-state index in [-0.39, 0.29) is 11.3 Å². The van der Waals surface area contributed by atoms with Crippen LogP contribution in [0.25, 0.3) is 0 Å². The highest BCUT2D eigenvalue weighted by atomic mass is 16.5. The molecule has 0 aliphatic carbocycles. The van der Waals surface area contributed by atoms with Gasteiger partial charge in [-0.1, -0.05) is 6.07 Å². The zero-order chi connectivity index (χ0) is 14.3. The maximum absolute atomic E-state index is 8.75. The Morgan fingerprint density at radius 2 is 1.89 bits per heavy atom. The summed E-state index contributed by atoms with van der Waals surface area (Å²) in [6, 6.07) is 9.56. The van der Waals surface area contributed by atoms with Gasteiger partial charge in [0.05, 0.1) is 7.11 Å². The maximum atomic E-state index is 8.75. The van der Waals surface area contributed by atoms with E-state index in [4.69, 9.17) is 15.3 Å². The highest BCUT2D eigenvalue weighted by molar-refractivity contribution is 5.51. The van der Waals surface area contributed by atoms with Gasteiger partial charge in [0.2, 0.25) is 0 Å². The quantitative estimate of drug-likeness (QED) is 0.508. The van der Waals surface area contributed by atoms with Crippen molar-refractivity contribution in [3.05, 3.63) is 52.9 Å². The van der Waals surface area contributed by atoms with Crippen molar-refractivity contribution in [2.45, 2.75) is 13.8 Å². The lowest BCUT2D eigenvalue weighted by molar-refractivity contribution is 0.305. The molecule has 4 heteroatoms. The number of hydrogen-bond acceptors (Lipinski definition) is 4. The summed E-state index contributed by atoms with van der Waals surface area (Å²) in [4.78, 5) is 0. The lowest BCUT2D eigenvalue weighted by Gasteiger charge is -2.05. The Bertz CT molecular complexity index is 585. The lowest BCUT2D eigenvalue weighted by Crippen LogP contribution is -1.92. The van der Waals surface area contributed by atoms with Crippen LogP contribution in [0.5, 0.6) is 0 Å². The Labute approximate surface area is 113 Å². The second-order valence-electron chi connectivity index (χ2n) is 3.94. The predicted molar refractivity (Wildman–Crippen MR) is 73.9 cm³/mol. The van der Waals surface area contributed by atoms with Crippen molar-refractivity contribution in [3.8, 4) is 12.1 Å². The van der Waals surface area contributed by atoms with Crippen molar-refractivity contribution in [2.24, 2.45) is 0 Å². The molecule has 96 valence electrons. The van der Waals surface area contributed by atoms with E-state index in [1.165, 1.54) is 18.2 Å². The summed E-state index contributed by atoms with van der Waals surface area (Å²) in [5.74, 6) is 0.237. The molecule has 0 heterocycles. The molecule has 0 bridgehead atoms. The van der Waals surface area contributed by atoms with Crippen molar-refractivity contribution in [1.82, 2.24) is 0 Å². The molecule has 0 fully saturated rings. The van der Waals surface area contributed by atoms with Gasteiger partial charge in [0.15, 0.2) is 5.57 Å². The molecule has 1 aromatic rings. The fraction of sp³-hybridized carbons (Fsp3) is 0.200. The largest absolute Gasteiger partial charge is 0.495 e. The van der Waals surface area contributed by atoms with Crippen LogP contribution in [0.1, 0.15) is 11.1 Å². The van der Waals surface area contributed by atoms with Gasteiger partial charge in [-0.2, -0.15) is 10.5 Å². The smallest absolute Gasteiger partial charge is 0.171 e. The molecule has 0 aliphatic heterocycles. The molecule has 4 nitrogen and oxygen atoms in total. The van der Waals surface area contributed by atoms with Crippen molar-refractivity contribution >= 4 is 5.69 Å². The van der Waals surface area contributed by atoms with Crippen molar-refractivity contribution in [3.63, 3.8) is 0 Å². The first-order chi connectivity index (χ1) is 9.12. The van der Waals surface area contributed by atoms with E-state index in [9.17, 15) is 0 Å². The summed E-state index contributed by atoms with van der Waals surface area (Å²) < 4.78 is 4.98. The fourth-order valence-electron chi connectivity index (χ4n) is 1.43. The molecular formula is C15H15N3O. The van der Waals surface area contributed by atoms with Gasteiger partial charge in [-0.25, -0.2) is 0 Å². The Morgan fingerprint density at radius 3 is 2.42 bits per heavy atom. The molecule has 0 amide bonds. The van der Waals surface area contributed by atoms with E-state index < -0.39 is 0 Å². The minimum Gasteiger partial charge on any atom is -0.495 e. The standard InChI is InChI=1S/C15H15N3O/c1-11-4-5-14(8-12(11)2)18-7-6-15(19-3)13(9-16)10-17/h4-8,18H,1-3H3/b7-6+. The number of ether oxygens (including phenoxy) is 1. The van der Waals surface area contributed by atoms with Crippen LogP contribution < -0.4 is 5.32 Å². The lowest BCUT2D eigenvalue weighted by atomic mass is 10.1. The van der Waals surface area contributed by atoms with Crippen LogP contribution in [0.15, 0.2) is 41.8 Å². The normalized spacial score (nSPS) is 9.53. The second kappa shape index (κ2) is 6.88. The van der Waals surface area contributed by atoms with Crippen LogP contribution in [-0.4, -0.2) is 7.11 Å². The highest BCUT2D eigenvalue weighted by Gasteiger charge is 2.01. The molecule has 0 spiro atoms. The number of nitrogens with one attached hydrogen (secondary N) is 1. The van der Waals surface area contributed by atoms with E-state index in [0.717, 1.165) is 5.69 Å². The Kier molecular flexibility index (Phi) is 5.19. The average molecular weight is 253 g/mol. The predicted octanol–water partition coefficient (Wildman–Crippen LogP) is 3.18. The van der Waals surface area contributed by atoms with Crippen LogP contribution >= 0.6 is 0 Å². The Morgan fingerprint density at radius 1 is 1.21 bits per heavy atom. The number of aryl methyl sites for hydroxylation is 2. The molecule has 0 radical (unpaired) electrons. The van der Waals surface area contributed by atoms with Gasteiger partial charge in [-0.3, -0.25) is 0 Å². The van der Waals surface area contributed by atoms with Crippen LogP contribution in [0.2, 0.25) is 0 Å². The van der Waals surface area contributed by atoms with Crippen molar-refractivity contribution < 1.29 is 4.74 Å². The molecular weight excluding hydrogens is 238 g/mol. The molecule has 1 aromatic carbocycles. The maximum Gasteiger partial charge on any atom is 0.171 e. The number of benzene rings is 1. The number of methoxy groups -OCH3 is 1. The number of nitriles is 2. The van der Waals surface area contributed by atoms with E-state index in [1.54, 1.807) is 24.4 Å². The summed E-state index contributed by atoms with van der Waals surface area (Å²) >= 11 is 0. The molecule has 0 saturated carbocycles. The number of anilines is 1. The third-order valence-electron chi connectivity index (χ3n) is 2.68. The number of hydrogen-bond donors (Lipinski definition) is 1. The van der Waals surface area contributed by atoms with Crippen molar-refractivity contribution in [1.29, 1.82) is 10.5 Å². The van der Waals surface area contributed by atoms with Gasteiger partial charge in [-0.15, -0.1) is 0 Å². The molecule has 1 N–H and O–H groups in total. The van der Waals surface area contributed by atoms with Gasteiger partial charge in [-0.05, 0) is 43.2 Å². The first-order valence-corrected chi connectivity index (χ1v) is 5.71. The van der Waals surface area contributed by atoms with Crippen LogP contribution in [0, 0.1) is 36.5 Å². The second-order valence-corrected chi connectivity index (χ2v) is 3.94. The van der Waals surface area contributed by atoms with Crippen LogP contribution in [-0.2, 0) is 4.74 Å². The van der Waals surface area contributed by atoms with Crippen LogP contribution in [0.4, 0.5) is 5.69 Å². The average Bonchev–Trinajstić information content (AvgIpc) is 2.42. The molecule has 0 aliphatic rings. The molecule has 0 aromatic heterocycles. The summed E-state index contributed by atoms with van der Waals surface area (Å²) in [5.41, 5.74) is 3.30. The topological polar surface area (TPSA) is 68.8 Å². The zero-order valence-electron chi connectivity index (χ0n) is 11.2. The number of rotatable bonds is 4. The van der Waals surface area contributed by atoms with Crippen molar-refractivity contribution in [2.75, 3.05) is 12.4 Å². The van der Waals surface area contributed by atoms with E-state index in [0.29, 0.717) is 0 Å². The first-order valence-electron chi connectivity index (χ1n) is 5.71. The third-order valence-corrected chi connectivity index (χ3v) is 2.68. The SMILES string of the molecule is COC(/C=C/Nc1ccc(C)c(C)c1)=C(C#N)C#N. The molecule has 0 unspecified atom stereocenters.